The molecule has 0 fully saturated rings. The van der Waals surface area contributed by atoms with E-state index in [1.165, 1.54) is 0 Å². The maximum atomic E-state index is 10.9. The van der Waals surface area contributed by atoms with Gasteiger partial charge >= 0.3 is 0 Å². The number of aldehydes is 1. The third-order valence-corrected chi connectivity index (χ3v) is 3.39. The van der Waals surface area contributed by atoms with Crippen molar-refractivity contribution in [3.63, 3.8) is 0 Å². The van der Waals surface area contributed by atoms with Crippen LogP contribution in [0.3, 0.4) is 0 Å². The summed E-state index contributed by atoms with van der Waals surface area (Å²) in [6, 6.07) is -0.866. The van der Waals surface area contributed by atoms with Crippen molar-refractivity contribution in [1.82, 2.24) is 0 Å². The molecule has 0 aromatic heterocycles. The number of unbranched alkanes of at least 4 members (excludes halogenated alkanes) is 9. The second-order valence-electron chi connectivity index (χ2n) is 5.45. The Hall–Kier alpha value is -1.63. The van der Waals surface area contributed by atoms with Gasteiger partial charge in [0.05, 0.1) is 0 Å². The second kappa shape index (κ2) is 15.8. The van der Waals surface area contributed by atoms with Gasteiger partial charge in [-0.25, -0.2) is 0 Å². The normalized spacial score (nSPS) is 11.9. The van der Waals surface area contributed by atoms with Crippen LogP contribution in [0.2, 0.25) is 0 Å². The quantitative estimate of drug-likeness (QED) is 0.124. The minimum Gasteiger partial charge on any atom is -0.303 e. The molecule has 0 amide bonds. The molecule has 0 aromatic rings. The molecule has 0 bridgehead atoms. The molecule has 124 valence electrons. The zero-order chi connectivity index (χ0) is 16.5. The lowest BCUT2D eigenvalue weighted by Crippen LogP contribution is -2.13. The Morgan fingerprint density at radius 1 is 1.05 bits per heavy atom. The van der Waals surface area contributed by atoms with Crippen LogP contribution in [0.1, 0.15) is 77.6 Å². The molecule has 0 aliphatic carbocycles. The Kier molecular flexibility index (Phi) is 14.6. The average molecular weight is 307 g/mol. The summed E-state index contributed by atoms with van der Waals surface area (Å²) in [5, 5.41) is 10.9. The predicted octanol–water partition coefficient (Wildman–Crippen LogP) is 4.70. The van der Waals surface area contributed by atoms with Crippen LogP contribution in [0.15, 0.2) is 12.2 Å². The summed E-state index contributed by atoms with van der Waals surface area (Å²) in [7, 11) is 0. The molecular weight excluding hydrogens is 278 g/mol. The minimum absolute atomic E-state index is 0.331. The molecule has 22 heavy (non-hydrogen) atoms. The summed E-state index contributed by atoms with van der Waals surface area (Å²) in [6.45, 7) is 2.14. The van der Waals surface area contributed by atoms with Gasteiger partial charge in [0, 0.05) is 17.8 Å². The number of hydrogen-bond donors (Lipinski definition) is 0. The fourth-order valence-corrected chi connectivity index (χ4v) is 2.06. The van der Waals surface area contributed by atoms with E-state index in [0.717, 1.165) is 64.1 Å². The highest BCUT2D eigenvalue weighted by molar-refractivity contribution is 5.48. The number of hydrogen-bond acceptors (Lipinski definition) is 3. The van der Waals surface area contributed by atoms with Gasteiger partial charge in [0.2, 0.25) is 0 Å². The Morgan fingerprint density at radius 3 is 2.41 bits per heavy atom. The fourth-order valence-electron chi connectivity index (χ4n) is 2.06. The lowest BCUT2D eigenvalue weighted by Gasteiger charge is -1.97. The molecule has 0 heterocycles. The minimum atomic E-state index is -0.866. The first-order chi connectivity index (χ1) is 10.7. The van der Waals surface area contributed by atoms with E-state index in [4.69, 9.17) is 0 Å². The van der Waals surface area contributed by atoms with E-state index in [0.29, 0.717) is 12.8 Å². The van der Waals surface area contributed by atoms with E-state index in [2.05, 4.69) is 18.8 Å². The van der Waals surface area contributed by atoms with Gasteiger partial charge in [-0.2, -0.15) is 0 Å². The van der Waals surface area contributed by atoms with Crippen LogP contribution >= 0.6 is 0 Å². The van der Waals surface area contributed by atoms with Crippen molar-refractivity contribution in [2.75, 3.05) is 0 Å². The molecule has 1 atom stereocenters. The number of rotatable bonds is 13. The molecule has 0 N–H and O–H groups in total. The van der Waals surface area contributed by atoms with Gasteiger partial charge in [-0.05, 0) is 37.7 Å². The zero-order valence-electron chi connectivity index (χ0n) is 13.8. The van der Waals surface area contributed by atoms with Crippen LogP contribution < -0.4 is 0 Å². The van der Waals surface area contributed by atoms with Crippen molar-refractivity contribution in [1.29, 1.82) is 0 Å². The molecule has 0 radical (unpaired) electrons. The maximum absolute atomic E-state index is 10.9. The first-order valence-electron chi connectivity index (χ1n) is 8.44. The summed E-state index contributed by atoms with van der Waals surface area (Å²) >= 11 is 0. The van der Waals surface area contributed by atoms with Crippen molar-refractivity contribution in [3.8, 4) is 11.8 Å². The van der Waals surface area contributed by atoms with Crippen molar-refractivity contribution < 1.29 is 9.72 Å². The highest BCUT2D eigenvalue weighted by Crippen LogP contribution is 2.06. The first-order valence-corrected chi connectivity index (χ1v) is 8.44. The van der Waals surface area contributed by atoms with E-state index in [9.17, 15) is 14.9 Å². The van der Waals surface area contributed by atoms with E-state index < -0.39 is 6.04 Å². The number of nitrogens with zero attached hydrogens (tertiary/aromatic N) is 1. The Bertz CT molecular complexity index is 380. The molecule has 0 aliphatic rings. The largest absolute Gasteiger partial charge is 0.303 e. The van der Waals surface area contributed by atoms with E-state index >= 15 is 0 Å². The van der Waals surface area contributed by atoms with Crippen molar-refractivity contribution in [2.24, 2.45) is 0 Å². The lowest BCUT2D eigenvalue weighted by molar-refractivity contribution is -0.493. The number of carbonyl (C=O) groups excluding carboxylic acids is 1. The number of allylic oxidation sites excluding steroid dienone is 1. The van der Waals surface area contributed by atoms with Crippen LogP contribution in [0.4, 0.5) is 0 Å². The topological polar surface area (TPSA) is 60.2 Å². The fraction of sp³-hybridized carbons (Fsp3) is 0.722. The molecule has 0 saturated heterocycles. The van der Waals surface area contributed by atoms with E-state index in [1.807, 2.05) is 6.08 Å². The summed E-state index contributed by atoms with van der Waals surface area (Å²) < 4.78 is 0. The summed E-state index contributed by atoms with van der Waals surface area (Å²) in [4.78, 5) is 20.7. The van der Waals surface area contributed by atoms with Gasteiger partial charge in [0.25, 0.3) is 6.04 Å². The van der Waals surface area contributed by atoms with Gasteiger partial charge in [0.15, 0.2) is 0 Å². The summed E-state index contributed by atoms with van der Waals surface area (Å²) in [5.74, 6) is 5.66. The first kappa shape index (κ1) is 20.4. The third-order valence-electron chi connectivity index (χ3n) is 3.39. The predicted molar refractivity (Wildman–Crippen MR) is 90.2 cm³/mol. The van der Waals surface area contributed by atoms with Gasteiger partial charge < -0.3 is 4.79 Å². The summed E-state index contributed by atoms with van der Waals surface area (Å²) in [5.41, 5.74) is 0. The standard InChI is InChI=1S/C18H29NO3/c1-2-3-4-9-12-15-18(19(21)22)16-13-10-7-5-6-8-11-14-17-20/h12,15,17-18H,2-11,14H2,1H3/b15-12+. The average Bonchev–Trinajstić information content (AvgIpc) is 2.50. The molecule has 0 rings (SSSR count). The van der Waals surface area contributed by atoms with Gasteiger partial charge in [-0.15, -0.1) is 0 Å². The van der Waals surface area contributed by atoms with Crippen LogP contribution in [0, 0.1) is 22.0 Å². The number of nitro groups is 1. The van der Waals surface area contributed by atoms with Crippen LogP contribution in [-0.2, 0) is 4.79 Å². The molecule has 0 saturated carbocycles. The Morgan fingerprint density at radius 2 is 1.73 bits per heavy atom. The molecule has 0 aliphatic heterocycles. The zero-order valence-corrected chi connectivity index (χ0v) is 13.8. The maximum Gasteiger partial charge on any atom is 0.290 e. The Labute approximate surface area is 134 Å². The Balaban J connectivity index is 3.84. The second-order valence-corrected chi connectivity index (χ2v) is 5.45. The van der Waals surface area contributed by atoms with Crippen molar-refractivity contribution in [2.45, 2.75) is 83.6 Å². The van der Waals surface area contributed by atoms with Crippen molar-refractivity contribution in [3.05, 3.63) is 22.3 Å². The van der Waals surface area contributed by atoms with Crippen LogP contribution in [0.25, 0.3) is 0 Å². The smallest absolute Gasteiger partial charge is 0.290 e. The molecule has 1 unspecified atom stereocenters. The van der Waals surface area contributed by atoms with E-state index in [1.54, 1.807) is 6.08 Å². The highest BCUT2D eigenvalue weighted by Gasteiger charge is 2.10. The molecular formula is C18H29NO3. The number of carbonyl (C=O) groups is 1. The molecule has 0 spiro atoms. The highest BCUT2D eigenvalue weighted by atomic mass is 16.6. The van der Waals surface area contributed by atoms with Gasteiger partial charge in [-0.3, -0.25) is 10.1 Å². The molecule has 0 aromatic carbocycles. The van der Waals surface area contributed by atoms with Gasteiger partial charge in [-0.1, -0.05) is 51.0 Å². The van der Waals surface area contributed by atoms with Crippen LogP contribution in [0.5, 0.6) is 0 Å². The molecule has 4 heteroatoms. The van der Waals surface area contributed by atoms with Gasteiger partial charge in [0.1, 0.15) is 6.29 Å². The summed E-state index contributed by atoms with van der Waals surface area (Å²) in [6.07, 6.45) is 15.3. The lowest BCUT2D eigenvalue weighted by atomic mass is 10.1. The SMILES string of the molecule is CCCCC/C=C/C(C#CCCCCCCCC=O)[N+](=O)[O-]. The molecule has 4 nitrogen and oxygen atoms in total. The van der Waals surface area contributed by atoms with Crippen LogP contribution in [-0.4, -0.2) is 17.3 Å². The van der Waals surface area contributed by atoms with E-state index in [-0.39, 0.29) is 4.92 Å². The third kappa shape index (κ3) is 13.4. The monoisotopic (exact) mass is 307 g/mol. The van der Waals surface area contributed by atoms with Crippen molar-refractivity contribution >= 4 is 6.29 Å².